The molecule has 1 fully saturated rings. The summed E-state index contributed by atoms with van der Waals surface area (Å²) in [6, 6.07) is 13.5. The standard InChI is InChI=1S/C19H22N2O2/c1-14-8-2-3-9-15(14)18(16-10-4-6-12-20-16)21-13-7-5-11-17(21)19(22)23/h2-4,6,8-10,12,17-18H,5,7,11,13H2,1H3,(H,22,23). The van der Waals surface area contributed by atoms with Crippen LogP contribution in [0.3, 0.4) is 0 Å². The van der Waals surface area contributed by atoms with Gasteiger partial charge in [-0.15, -0.1) is 0 Å². The number of likely N-dealkylation sites (tertiary alicyclic amines) is 1. The zero-order chi connectivity index (χ0) is 16.2. The first kappa shape index (κ1) is 15.7. The third kappa shape index (κ3) is 3.27. The molecule has 1 aliphatic heterocycles. The second kappa shape index (κ2) is 6.92. The number of piperidine rings is 1. The van der Waals surface area contributed by atoms with Gasteiger partial charge in [-0.1, -0.05) is 36.8 Å². The first-order chi connectivity index (χ1) is 11.2. The van der Waals surface area contributed by atoms with Gasteiger partial charge in [0, 0.05) is 6.20 Å². The molecular formula is C19H22N2O2. The van der Waals surface area contributed by atoms with Gasteiger partial charge in [-0.25, -0.2) is 0 Å². The molecule has 0 bridgehead atoms. The molecule has 4 heteroatoms. The van der Waals surface area contributed by atoms with Crippen LogP contribution in [0.15, 0.2) is 48.7 Å². The summed E-state index contributed by atoms with van der Waals surface area (Å²) in [6.45, 7) is 2.86. The van der Waals surface area contributed by atoms with Crippen LogP contribution in [0.4, 0.5) is 0 Å². The number of rotatable bonds is 4. The minimum Gasteiger partial charge on any atom is -0.480 e. The highest BCUT2D eigenvalue weighted by atomic mass is 16.4. The summed E-state index contributed by atoms with van der Waals surface area (Å²) >= 11 is 0. The van der Waals surface area contributed by atoms with Crippen LogP contribution in [0.25, 0.3) is 0 Å². The topological polar surface area (TPSA) is 53.4 Å². The Morgan fingerprint density at radius 3 is 2.70 bits per heavy atom. The van der Waals surface area contributed by atoms with Crippen molar-refractivity contribution in [1.82, 2.24) is 9.88 Å². The van der Waals surface area contributed by atoms with Crippen molar-refractivity contribution in [1.29, 1.82) is 0 Å². The molecular weight excluding hydrogens is 288 g/mol. The van der Waals surface area contributed by atoms with E-state index in [9.17, 15) is 9.90 Å². The molecule has 1 aliphatic rings. The normalized spacial score (nSPS) is 20.1. The van der Waals surface area contributed by atoms with Crippen molar-refractivity contribution < 1.29 is 9.90 Å². The molecule has 0 radical (unpaired) electrons. The number of nitrogens with zero attached hydrogens (tertiary/aromatic N) is 2. The van der Waals surface area contributed by atoms with Crippen molar-refractivity contribution in [3.63, 3.8) is 0 Å². The van der Waals surface area contributed by atoms with E-state index in [2.05, 4.69) is 28.9 Å². The Morgan fingerprint density at radius 1 is 1.22 bits per heavy atom. The van der Waals surface area contributed by atoms with Gasteiger partial charge in [0.05, 0.1) is 11.7 Å². The van der Waals surface area contributed by atoms with Crippen LogP contribution in [0.1, 0.15) is 42.1 Å². The first-order valence-electron chi connectivity index (χ1n) is 8.13. The van der Waals surface area contributed by atoms with E-state index in [1.807, 2.05) is 30.3 Å². The van der Waals surface area contributed by atoms with E-state index in [-0.39, 0.29) is 6.04 Å². The molecule has 2 atom stereocenters. The first-order valence-corrected chi connectivity index (χ1v) is 8.13. The zero-order valence-electron chi connectivity index (χ0n) is 13.4. The van der Waals surface area contributed by atoms with E-state index < -0.39 is 12.0 Å². The molecule has 1 aromatic heterocycles. The predicted octanol–water partition coefficient (Wildman–Crippen LogP) is 3.42. The molecule has 2 heterocycles. The fourth-order valence-corrected chi connectivity index (χ4v) is 3.47. The summed E-state index contributed by atoms with van der Waals surface area (Å²) in [5, 5.41) is 9.66. The molecule has 0 aliphatic carbocycles. The Bertz CT molecular complexity index is 672. The minimum absolute atomic E-state index is 0.112. The van der Waals surface area contributed by atoms with Gasteiger partial charge in [0.2, 0.25) is 0 Å². The van der Waals surface area contributed by atoms with E-state index in [1.54, 1.807) is 6.20 Å². The fourth-order valence-electron chi connectivity index (χ4n) is 3.47. The van der Waals surface area contributed by atoms with Crippen LogP contribution in [-0.4, -0.2) is 33.5 Å². The molecule has 2 unspecified atom stereocenters. The summed E-state index contributed by atoms with van der Waals surface area (Å²) in [5.74, 6) is -0.737. The Kier molecular flexibility index (Phi) is 4.72. The number of aromatic nitrogens is 1. The van der Waals surface area contributed by atoms with Crippen molar-refractivity contribution in [3.05, 3.63) is 65.5 Å². The molecule has 0 spiro atoms. The highest BCUT2D eigenvalue weighted by molar-refractivity contribution is 5.73. The molecule has 1 aromatic carbocycles. The SMILES string of the molecule is Cc1ccccc1C(c1ccccn1)N1CCCCC1C(=O)O. The van der Waals surface area contributed by atoms with Crippen LogP contribution in [0.5, 0.6) is 0 Å². The monoisotopic (exact) mass is 310 g/mol. The number of hydrogen-bond donors (Lipinski definition) is 1. The zero-order valence-corrected chi connectivity index (χ0v) is 13.4. The van der Waals surface area contributed by atoms with Gasteiger partial charge in [0.15, 0.2) is 0 Å². The lowest BCUT2D eigenvalue weighted by molar-refractivity contribution is -0.145. The van der Waals surface area contributed by atoms with E-state index in [0.29, 0.717) is 6.42 Å². The summed E-state index contributed by atoms with van der Waals surface area (Å²) in [5.41, 5.74) is 3.21. The van der Waals surface area contributed by atoms with Gasteiger partial charge >= 0.3 is 5.97 Å². The Labute approximate surface area is 136 Å². The van der Waals surface area contributed by atoms with Gasteiger partial charge in [-0.2, -0.15) is 0 Å². The summed E-state index contributed by atoms with van der Waals surface area (Å²) in [7, 11) is 0. The maximum atomic E-state index is 11.8. The van der Waals surface area contributed by atoms with Crippen molar-refractivity contribution in [2.75, 3.05) is 6.54 Å². The Morgan fingerprint density at radius 2 is 2.00 bits per heavy atom. The summed E-state index contributed by atoms with van der Waals surface area (Å²) in [6.07, 6.45) is 4.47. The lowest BCUT2D eigenvalue weighted by Gasteiger charge is -2.39. The van der Waals surface area contributed by atoms with Crippen LogP contribution in [0.2, 0.25) is 0 Å². The average molecular weight is 310 g/mol. The molecule has 0 amide bonds. The quantitative estimate of drug-likeness (QED) is 0.940. The molecule has 23 heavy (non-hydrogen) atoms. The third-order valence-electron chi connectivity index (χ3n) is 4.61. The van der Waals surface area contributed by atoms with E-state index in [1.165, 1.54) is 0 Å². The predicted molar refractivity (Wildman–Crippen MR) is 89.2 cm³/mol. The molecule has 2 aromatic rings. The molecule has 0 saturated carbocycles. The lowest BCUT2D eigenvalue weighted by atomic mass is 9.92. The number of aryl methyl sites for hydroxylation is 1. The van der Waals surface area contributed by atoms with Crippen LogP contribution in [-0.2, 0) is 4.79 Å². The smallest absolute Gasteiger partial charge is 0.320 e. The third-order valence-corrected chi connectivity index (χ3v) is 4.61. The van der Waals surface area contributed by atoms with Gasteiger partial charge in [-0.3, -0.25) is 14.7 Å². The molecule has 120 valence electrons. The fraction of sp³-hybridized carbons (Fsp3) is 0.368. The van der Waals surface area contributed by atoms with E-state index in [0.717, 1.165) is 36.2 Å². The maximum absolute atomic E-state index is 11.8. The number of hydrogen-bond acceptors (Lipinski definition) is 3. The van der Waals surface area contributed by atoms with Crippen molar-refractivity contribution >= 4 is 5.97 Å². The number of carboxylic acid groups (broad SMARTS) is 1. The van der Waals surface area contributed by atoms with Gasteiger partial charge in [0.25, 0.3) is 0 Å². The van der Waals surface area contributed by atoms with Crippen molar-refractivity contribution in [3.8, 4) is 0 Å². The Balaban J connectivity index is 2.08. The van der Waals surface area contributed by atoms with Crippen LogP contribution in [0, 0.1) is 6.92 Å². The Hall–Kier alpha value is -2.20. The molecule has 4 nitrogen and oxygen atoms in total. The van der Waals surface area contributed by atoms with Crippen molar-refractivity contribution in [2.45, 2.75) is 38.3 Å². The van der Waals surface area contributed by atoms with Crippen LogP contribution >= 0.6 is 0 Å². The van der Waals surface area contributed by atoms with Crippen molar-refractivity contribution in [2.24, 2.45) is 0 Å². The number of benzene rings is 1. The number of pyridine rings is 1. The molecule has 3 rings (SSSR count). The van der Waals surface area contributed by atoms with E-state index >= 15 is 0 Å². The van der Waals surface area contributed by atoms with Crippen LogP contribution < -0.4 is 0 Å². The number of carbonyl (C=O) groups is 1. The highest BCUT2D eigenvalue weighted by Crippen LogP contribution is 2.34. The lowest BCUT2D eigenvalue weighted by Crippen LogP contribution is -2.47. The van der Waals surface area contributed by atoms with Gasteiger partial charge in [0.1, 0.15) is 6.04 Å². The second-order valence-corrected chi connectivity index (χ2v) is 6.10. The minimum atomic E-state index is -0.737. The molecule has 1 saturated heterocycles. The highest BCUT2D eigenvalue weighted by Gasteiger charge is 2.36. The largest absolute Gasteiger partial charge is 0.480 e. The van der Waals surface area contributed by atoms with Gasteiger partial charge in [-0.05, 0) is 49.6 Å². The second-order valence-electron chi connectivity index (χ2n) is 6.10. The number of aliphatic carboxylic acids is 1. The maximum Gasteiger partial charge on any atom is 0.320 e. The summed E-state index contributed by atoms with van der Waals surface area (Å²) < 4.78 is 0. The average Bonchev–Trinajstić information content (AvgIpc) is 2.58. The van der Waals surface area contributed by atoms with Gasteiger partial charge < -0.3 is 5.11 Å². The molecule has 1 N–H and O–H groups in total. The van der Waals surface area contributed by atoms with E-state index in [4.69, 9.17) is 0 Å². The number of carboxylic acids is 1. The summed E-state index contributed by atoms with van der Waals surface area (Å²) in [4.78, 5) is 18.4.